The van der Waals surface area contributed by atoms with E-state index in [2.05, 4.69) is 33.5 Å². The van der Waals surface area contributed by atoms with Crippen molar-refractivity contribution in [3.05, 3.63) is 47.5 Å². The van der Waals surface area contributed by atoms with Crippen LogP contribution in [0.2, 0.25) is 0 Å². The van der Waals surface area contributed by atoms with Gasteiger partial charge in [-0.15, -0.1) is 0 Å². The molecule has 0 heterocycles. The second-order valence-electron chi connectivity index (χ2n) is 12.5. The van der Waals surface area contributed by atoms with Gasteiger partial charge in [0.15, 0.2) is 0 Å². The number of nitrogens with one attached hydrogen (secondary N) is 5. The van der Waals surface area contributed by atoms with Crippen molar-refractivity contribution in [1.82, 2.24) is 16.0 Å². The highest BCUT2D eigenvalue weighted by Gasteiger charge is 2.31. The Morgan fingerprint density at radius 1 is 0.654 bits per heavy atom. The van der Waals surface area contributed by atoms with E-state index in [1.807, 2.05) is 30.3 Å². The number of hydrogen-bond acceptors (Lipinski definition) is 9. The highest BCUT2D eigenvalue weighted by molar-refractivity contribution is 5.94. The zero-order valence-electron chi connectivity index (χ0n) is 30.5. The van der Waals surface area contributed by atoms with Gasteiger partial charge in [-0.25, -0.2) is 4.79 Å². The Balaban J connectivity index is 1.52. The smallest absolute Gasteiger partial charge is 0.406 e. The molecule has 286 valence electrons. The van der Waals surface area contributed by atoms with E-state index >= 15 is 0 Å². The molecular weight excluding hydrogens is 670 g/mol. The van der Waals surface area contributed by atoms with E-state index < -0.39 is 6.09 Å². The minimum absolute atomic E-state index is 0.0377. The minimum atomic E-state index is -0.577. The van der Waals surface area contributed by atoms with Crippen molar-refractivity contribution in [3.63, 3.8) is 0 Å². The second-order valence-corrected chi connectivity index (χ2v) is 12.5. The zero-order valence-corrected chi connectivity index (χ0v) is 30.5. The summed E-state index contributed by atoms with van der Waals surface area (Å²) >= 11 is 0. The lowest BCUT2D eigenvalue weighted by Crippen LogP contribution is -2.27. The van der Waals surface area contributed by atoms with E-state index in [9.17, 15) is 24.0 Å². The Kier molecular flexibility index (Phi) is 19.2. The molecule has 0 aliphatic heterocycles. The largest absolute Gasteiger partial charge is 0.449 e. The molecule has 14 nitrogen and oxygen atoms in total. The molecule has 6 N–H and O–H groups in total. The first kappa shape index (κ1) is 41.9. The van der Waals surface area contributed by atoms with Gasteiger partial charge in [-0.1, -0.05) is 25.5 Å². The minimum Gasteiger partial charge on any atom is -0.449 e. The highest BCUT2D eigenvalue weighted by Crippen LogP contribution is 2.47. The number of benzene rings is 2. The highest BCUT2D eigenvalue weighted by atomic mass is 16.5. The Labute approximate surface area is 306 Å². The fraction of sp³-hybridized carbons (Fsp3) is 0.553. The molecule has 0 radical (unpaired) electrons. The SMILES string of the molecule is CCCCOCCNC(=O)CCCC(=O)Nc1ccc2c(c1)C(COC(=O)NC)c1cc(NC(=O)CCCC(=O)NCCOCCCCO)ccc1-2. The molecule has 0 spiro atoms. The normalized spacial score (nSPS) is 12.7. The predicted octanol–water partition coefficient (Wildman–Crippen LogP) is 4.21. The lowest BCUT2D eigenvalue weighted by molar-refractivity contribution is -0.122. The topological polar surface area (TPSA) is 193 Å². The summed E-state index contributed by atoms with van der Waals surface area (Å²) in [5.74, 6) is -1.08. The standard InChI is InChI=1S/C38H55N5O9/c1-3-4-20-50-22-17-40-34(45)9-7-11-36(47)42-27-13-15-29-30-16-14-28(25-32(30)33(31(29)24-27)26-52-38(49)39-2)43-37(48)12-8-10-35(46)41-18-23-51-21-6-5-19-44/h13-16,24-25,33,44H,3-12,17-23,26H2,1-2H3,(H,39,49)(H,40,45)(H,41,46)(H,42,47)(H,43,48). The Hall–Kier alpha value is -4.53. The van der Waals surface area contributed by atoms with E-state index in [1.54, 1.807) is 6.07 Å². The quantitative estimate of drug-likeness (QED) is 0.0814. The number of ether oxygens (including phenoxy) is 3. The Morgan fingerprint density at radius 3 is 1.63 bits per heavy atom. The zero-order chi connectivity index (χ0) is 37.6. The van der Waals surface area contributed by atoms with Crippen LogP contribution in [0.5, 0.6) is 0 Å². The van der Waals surface area contributed by atoms with Crippen molar-refractivity contribution >= 4 is 41.1 Å². The molecule has 3 rings (SSSR count). The van der Waals surface area contributed by atoms with Crippen LogP contribution in [0.3, 0.4) is 0 Å². The number of aliphatic hydroxyl groups is 1. The first-order chi connectivity index (χ1) is 25.2. The van der Waals surface area contributed by atoms with Gasteiger partial charge in [0.1, 0.15) is 6.61 Å². The van der Waals surface area contributed by atoms with Crippen LogP contribution in [0.25, 0.3) is 11.1 Å². The summed E-state index contributed by atoms with van der Waals surface area (Å²) in [7, 11) is 1.48. The number of amides is 5. The van der Waals surface area contributed by atoms with Crippen LogP contribution < -0.4 is 26.6 Å². The number of carbonyl (C=O) groups is 5. The molecule has 0 saturated carbocycles. The average Bonchev–Trinajstić information content (AvgIpc) is 3.43. The van der Waals surface area contributed by atoms with E-state index in [4.69, 9.17) is 19.3 Å². The van der Waals surface area contributed by atoms with Gasteiger partial charge in [0.25, 0.3) is 0 Å². The third-order valence-corrected chi connectivity index (χ3v) is 8.39. The van der Waals surface area contributed by atoms with Crippen molar-refractivity contribution in [1.29, 1.82) is 0 Å². The number of aliphatic hydroxyl groups excluding tert-OH is 1. The summed E-state index contributed by atoms with van der Waals surface area (Å²) in [6.45, 7) is 5.16. The fourth-order valence-corrected chi connectivity index (χ4v) is 5.66. The number of carbonyl (C=O) groups excluding carboxylic acids is 5. The van der Waals surface area contributed by atoms with Crippen LogP contribution in [0.4, 0.5) is 16.2 Å². The van der Waals surface area contributed by atoms with Crippen molar-refractivity contribution in [2.75, 3.05) is 70.4 Å². The first-order valence-electron chi connectivity index (χ1n) is 18.3. The van der Waals surface area contributed by atoms with Crippen LogP contribution in [0.1, 0.15) is 88.2 Å². The lowest BCUT2D eigenvalue weighted by atomic mass is 9.97. The number of fused-ring (bicyclic) bond motifs is 3. The van der Waals surface area contributed by atoms with Crippen molar-refractivity contribution in [2.45, 2.75) is 77.0 Å². The van der Waals surface area contributed by atoms with E-state index in [-0.39, 0.29) is 68.4 Å². The summed E-state index contributed by atoms with van der Waals surface area (Å²) in [6, 6.07) is 11.2. The molecule has 1 aliphatic carbocycles. The molecule has 14 heteroatoms. The maximum atomic E-state index is 12.8. The Bertz CT molecular complexity index is 1470. The number of hydrogen-bond donors (Lipinski definition) is 6. The van der Waals surface area contributed by atoms with Crippen LogP contribution >= 0.6 is 0 Å². The van der Waals surface area contributed by atoms with Crippen molar-refractivity contribution in [3.8, 4) is 11.1 Å². The van der Waals surface area contributed by atoms with Gasteiger partial charge < -0.3 is 45.9 Å². The fourth-order valence-electron chi connectivity index (χ4n) is 5.66. The summed E-state index contributed by atoms with van der Waals surface area (Å²) < 4.78 is 16.3. The van der Waals surface area contributed by atoms with Gasteiger partial charge in [-0.3, -0.25) is 19.2 Å². The third kappa shape index (κ3) is 15.0. The summed E-state index contributed by atoms with van der Waals surface area (Å²) in [4.78, 5) is 61.8. The van der Waals surface area contributed by atoms with E-state index in [1.165, 1.54) is 7.05 Å². The van der Waals surface area contributed by atoms with Gasteiger partial charge in [-0.2, -0.15) is 0 Å². The first-order valence-corrected chi connectivity index (χ1v) is 18.3. The molecule has 2 aromatic carbocycles. The molecule has 0 aromatic heterocycles. The molecule has 5 amide bonds. The maximum absolute atomic E-state index is 12.8. The summed E-state index contributed by atoms with van der Waals surface area (Å²) in [5, 5.41) is 22.7. The van der Waals surface area contributed by atoms with Gasteiger partial charge in [0.05, 0.1) is 13.2 Å². The van der Waals surface area contributed by atoms with E-state index in [0.717, 1.165) is 41.5 Å². The molecule has 2 aromatic rings. The third-order valence-electron chi connectivity index (χ3n) is 8.39. The maximum Gasteiger partial charge on any atom is 0.406 e. The van der Waals surface area contributed by atoms with Crippen LogP contribution in [0, 0.1) is 0 Å². The van der Waals surface area contributed by atoms with E-state index in [0.29, 0.717) is 70.2 Å². The monoisotopic (exact) mass is 725 g/mol. The van der Waals surface area contributed by atoms with Gasteiger partial charge in [-0.05, 0) is 78.6 Å². The average molecular weight is 726 g/mol. The number of rotatable bonds is 25. The van der Waals surface area contributed by atoms with Crippen molar-refractivity contribution in [2.24, 2.45) is 0 Å². The second kappa shape index (κ2) is 23.8. The summed E-state index contributed by atoms with van der Waals surface area (Å²) in [6.07, 6.45) is 4.48. The van der Waals surface area contributed by atoms with Gasteiger partial charge >= 0.3 is 6.09 Å². The van der Waals surface area contributed by atoms with Crippen LogP contribution in [0.15, 0.2) is 36.4 Å². The number of anilines is 2. The molecule has 1 unspecified atom stereocenters. The Morgan fingerprint density at radius 2 is 1.15 bits per heavy atom. The molecular formula is C38H55N5O9. The molecule has 1 atom stereocenters. The predicted molar refractivity (Wildman–Crippen MR) is 198 cm³/mol. The molecule has 0 bridgehead atoms. The van der Waals surface area contributed by atoms with Crippen LogP contribution in [-0.4, -0.2) is 94.6 Å². The van der Waals surface area contributed by atoms with Crippen LogP contribution in [-0.2, 0) is 33.4 Å². The molecule has 0 fully saturated rings. The lowest BCUT2D eigenvalue weighted by Gasteiger charge is -2.16. The van der Waals surface area contributed by atoms with Gasteiger partial charge in [0, 0.05) is 82.9 Å². The van der Waals surface area contributed by atoms with Gasteiger partial charge in [0.2, 0.25) is 23.6 Å². The molecule has 1 aliphatic rings. The molecule has 0 saturated heterocycles. The number of alkyl carbamates (subject to hydrolysis) is 1. The summed E-state index contributed by atoms with van der Waals surface area (Å²) in [5.41, 5.74) is 4.73. The number of unbranched alkanes of at least 4 members (excludes halogenated alkanes) is 2. The molecule has 52 heavy (non-hydrogen) atoms. The van der Waals surface area contributed by atoms with Crippen molar-refractivity contribution < 1.29 is 43.3 Å².